The molecule has 1 aromatic rings. The van der Waals surface area contributed by atoms with E-state index in [9.17, 15) is 4.79 Å². The highest BCUT2D eigenvalue weighted by atomic mass is 16.5. The SMILES string of the molecule is CN1CCN(CCNC(=O)[C@@H]2COc3ccccc3C2)CC1. The Morgan fingerprint density at radius 1 is 1.27 bits per heavy atom. The number of fused-ring (bicyclic) bond motifs is 1. The van der Waals surface area contributed by atoms with Crippen LogP contribution in [0.3, 0.4) is 0 Å². The van der Waals surface area contributed by atoms with Crippen LogP contribution in [0.25, 0.3) is 0 Å². The van der Waals surface area contributed by atoms with Gasteiger partial charge in [-0.05, 0) is 25.1 Å². The number of nitrogens with zero attached hydrogens (tertiary/aromatic N) is 2. The zero-order chi connectivity index (χ0) is 15.4. The van der Waals surface area contributed by atoms with Crippen LogP contribution in [-0.4, -0.2) is 68.6 Å². The number of nitrogens with one attached hydrogen (secondary N) is 1. The smallest absolute Gasteiger partial charge is 0.226 e. The van der Waals surface area contributed by atoms with Crippen molar-refractivity contribution < 1.29 is 9.53 Å². The molecule has 3 rings (SSSR count). The molecular weight excluding hydrogens is 278 g/mol. The molecular formula is C17H25N3O2. The van der Waals surface area contributed by atoms with Gasteiger partial charge in [0.25, 0.3) is 0 Å². The van der Waals surface area contributed by atoms with E-state index < -0.39 is 0 Å². The normalized spacial score (nSPS) is 22.7. The second-order valence-corrected chi connectivity index (χ2v) is 6.26. The average Bonchev–Trinajstić information content (AvgIpc) is 2.56. The van der Waals surface area contributed by atoms with Crippen molar-refractivity contribution in [1.29, 1.82) is 0 Å². The summed E-state index contributed by atoms with van der Waals surface area (Å²) in [6, 6.07) is 7.97. The number of hydrogen-bond acceptors (Lipinski definition) is 4. The van der Waals surface area contributed by atoms with Gasteiger partial charge < -0.3 is 15.0 Å². The molecule has 1 atom stereocenters. The molecule has 1 aromatic carbocycles. The van der Waals surface area contributed by atoms with Crippen molar-refractivity contribution in [2.24, 2.45) is 5.92 Å². The fraction of sp³-hybridized carbons (Fsp3) is 0.588. The van der Waals surface area contributed by atoms with E-state index in [1.165, 1.54) is 0 Å². The van der Waals surface area contributed by atoms with Crippen molar-refractivity contribution in [3.8, 4) is 5.75 Å². The number of ether oxygens (including phenoxy) is 1. The largest absolute Gasteiger partial charge is 0.492 e. The van der Waals surface area contributed by atoms with Crippen LogP contribution >= 0.6 is 0 Å². The molecule has 1 saturated heterocycles. The Hall–Kier alpha value is -1.59. The number of rotatable bonds is 4. The van der Waals surface area contributed by atoms with E-state index in [1.54, 1.807) is 0 Å². The van der Waals surface area contributed by atoms with Gasteiger partial charge in [-0.2, -0.15) is 0 Å². The number of para-hydroxylation sites is 1. The van der Waals surface area contributed by atoms with Crippen LogP contribution in [0, 0.1) is 5.92 Å². The molecule has 0 aromatic heterocycles. The molecule has 0 bridgehead atoms. The molecule has 1 fully saturated rings. The zero-order valence-electron chi connectivity index (χ0n) is 13.3. The Kier molecular flexibility index (Phi) is 4.95. The first-order valence-electron chi connectivity index (χ1n) is 8.11. The molecule has 0 saturated carbocycles. The Morgan fingerprint density at radius 2 is 2.05 bits per heavy atom. The summed E-state index contributed by atoms with van der Waals surface area (Å²) >= 11 is 0. The molecule has 1 N–H and O–H groups in total. The molecule has 0 spiro atoms. The number of carbonyl (C=O) groups excluding carboxylic acids is 1. The summed E-state index contributed by atoms with van der Waals surface area (Å²) < 4.78 is 5.69. The van der Waals surface area contributed by atoms with Crippen molar-refractivity contribution in [3.63, 3.8) is 0 Å². The minimum atomic E-state index is -0.0672. The first-order valence-corrected chi connectivity index (χ1v) is 8.11. The summed E-state index contributed by atoms with van der Waals surface area (Å²) in [6.45, 7) is 6.54. The lowest BCUT2D eigenvalue weighted by Crippen LogP contribution is -2.47. The second-order valence-electron chi connectivity index (χ2n) is 6.26. The molecule has 0 unspecified atom stereocenters. The van der Waals surface area contributed by atoms with Gasteiger partial charge in [-0.25, -0.2) is 0 Å². The van der Waals surface area contributed by atoms with E-state index in [0.717, 1.165) is 57.0 Å². The number of piperazine rings is 1. The van der Waals surface area contributed by atoms with Crippen molar-refractivity contribution >= 4 is 5.91 Å². The summed E-state index contributed by atoms with van der Waals surface area (Å²) in [4.78, 5) is 17.0. The third-order valence-electron chi connectivity index (χ3n) is 4.57. The number of benzene rings is 1. The Morgan fingerprint density at radius 3 is 2.86 bits per heavy atom. The van der Waals surface area contributed by atoms with Gasteiger partial charge in [0.15, 0.2) is 0 Å². The maximum absolute atomic E-state index is 12.3. The highest BCUT2D eigenvalue weighted by molar-refractivity contribution is 5.79. The molecule has 5 nitrogen and oxygen atoms in total. The van der Waals surface area contributed by atoms with Gasteiger partial charge in [-0.3, -0.25) is 9.69 Å². The molecule has 5 heteroatoms. The van der Waals surface area contributed by atoms with Crippen molar-refractivity contribution in [1.82, 2.24) is 15.1 Å². The molecule has 0 aliphatic carbocycles. The fourth-order valence-electron chi connectivity index (χ4n) is 3.05. The van der Waals surface area contributed by atoms with Gasteiger partial charge in [0.2, 0.25) is 5.91 Å². The summed E-state index contributed by atoms with van der Waals surface area (Å²) in [5.41, 5.74) is 1.13. The van der Waals surface area contributed by atoms with Crippen molar-refractivity contribution in [2.45, 2.75) is 6.42 Å². The van der Waals surface area contributed by atoms with Crippen LogP contribution in [0.2, 0.25) is 0 Å². The lowest BCUT2D eigenvalue weighted by atomic mass is 9.96. The lowest BCUT2D eigenvalue weighted by molar-refractivity contribution is -0.126. The molecule has 120 valence electrons. The second kappa shape index (κ2) is 7.11. The summed E-state index contributed by atoms with van der Waals surface area (Å²) in [7, 11) is 2.15. The molecule has 0 radical (unpaired) electrons. The van der Waals surface area contributed by atoms with Crippen LogP contribution < -0.4 is 10.1 Å². The number of amides is 1. The molecule has 1 amide bonds. The van der Waals surface area contributed by atoms with E-state index >= 15 is 0 Å². The first kappa shape index (κ1) is 15.3. The molecule has 2 aliphatic rings. The van der Waals surface area contributed by atoms with Crippen LogP contribution in [0.1, 0.15) is 5.56 Å². The van der Waals surface area contributed by atoms with Crippen LogP contribution in [-0.2, 0) is 11.2 Å². The van der Waals surface area contributed by atoms with Crippen molar-refractivity contribution in [3.05, 3.63) is 29.8 Å². The Bertz CT molecular complexity index is 512. The van der Waals surface area contributed by atoms with Crippen molar-refractivity contribution in [2.75, 3.05) is 52.9 Å². The molecule has 22 heavy (non-hydrogen) atoms. The van der Waals surface area contributed by atoms with E-state index in [4.69, 9.17) is 4.74 Å². The Labute approximate surface area is 132 Å². The highest BCUT2D eigenvalue weighted by Gasteiger charge is 2.25. The van der Waals surface area contributed by atoms with Crippen LogP contribution in [0.5, 0.6) is 5.75 Å². The fourth-order valence-corrected chi connectivity index (χ4v) is 3.05. The topological polar surface area (TPSA) is 44.8 Å². The zero-order valence-corrected chi connectivity index (χ0v) is 13.3. The maximum atomic E-state index is 12.3. The van der Waals surface area contributed by atoms with Gasteiger partial charge in [0, 0.05) is 39.3 Å². The summed E-state index contributed by atoms with van der Waals surface area (Å²) in [5.74, 6) is 0.968. The summed E-state index contributed by atoms with van der Waals surface area (Å²) in [6.07, 6.45) is 0.774. The average molecular weight is 303 g/mol. The minimum absolute atomic E-state index is 0.0672. The number of likely N-dealkylation sites (N-methyl/N-ethyl adjacent to an activating group) is 1. The standard InChI is InChI=1S/C17H25N3O2/c1-19-8-10-20(11-9-19)7-6-18-17(21)15-12-14-4-2-3-5-16(14)22-13-15/h2-5,15H,6-13H2,1H3,(H,18,21)/t15-/m0/s1. The third-order valence-corrected chi connectivity index (χ3v) is 4.57. The third kappa shape index (κ3) is 3.78. The van der Waals surface area contributed by atoms with E-state index in [-0.39, 0.29) is 11.8 Å². The van der Waals surface area contributed by atoms with Gasteiger partial charge in [0.1, 0.15) is 12.4 Å². The highest BCUT2D eigenvalue weighted by Crippen LogP contribution is 2.26. The van der Waals surface area contributed by atoms with Crippen LogP contribution in [0.4, 0.5) is 0 Å². The molecule has 2 aliphatic heterocycles. The summed E-state index contributed by atoms with van der Waals surface area (Å²) in [5, 5.41) is 3.07. The van der Waals surface area contributed by atoms with Gasteiger partial charge >= 0.3 is 0 Å². The predicted octanol–water partition coefficient (Wildman–Crippen LogP) is 0.601. The monoisotopic (exact) mass is 303 g/mol. The van der Waals surface area contributed by atoms with Crippen LogP contribution in [0.15, 0.2) is 24.3 Å². The predicted molar refractivity (Wildman–Crippen MR) is 86.1 cm³/mol. The maximum Gasteiger partial charge on any atom is 0.226 e. The molecule has 2 heterocycles. The van der Waals surface area contributed by atoms with Gasteiger partial charge in [-0.15, -0.1) is 0 Å². The van der Waals surface area contributed by atoms with Gasteiger partial charge in [-0.1, -0.05) is 18.2 Å². The van der Waals surface area contributed by atoms with Gasteiger partial charge in [0.05, 0.1) is 5.92 Å². The van der Waals surface area contributed by atoms with E-state index in [2.05, 4.69) is 22.2 Å². The minimum Gasteiger partial charge on any atom is -0.492 e. The Balaban J connectivity index is 1.41. The van der Waals surface area contributed by atoms with E-state index in [0.29, 0.717) is 6.61 Å². The number of hydrogen-bond donors (Lipinski definition) is 1. The quantitative estimate of drug-likeness (QED) is 0.885. The van der Waals surface area contributed by atoms with E-state index in [1.807, 2.05) is 24.3 Å². The first-order chi connectivity index (χ1) is 10.7. The lowest BCUT2D eigenvalue weighted by Gasteiger charge is -2.32. The number of carbonyl (C=O) groups is 1.